The van der Waals surface area contributed by atoms with Crippen LogP contribution < -0.4 is 0 Å². The molecule has 0 aromatic carbocycles. The molecular weight excluding hydrogens is 297 g/mol. The summed E-state index contributed by atoms with van der Waals surface area (Å²) in [6.45, 7) is 0.0206. The smallest absolute Gasteiger partial charge is 0.319 e. The Bertz CT molecular complexity index is 361. The molecule has 0 radical (unpaired) electrons. The van der Waals surface area contributed by atoms with E-state index < -0.39 is 20.5 Å². The number of hydrogen-bond donors (Lipinski definition) is 1. The highest BCUT2D eigenvalue weighted by molar-refractivity contribution is 7.33. The van der Waals surface area contributed by atoms with E-state index in [1.165, 1.54) is 0 Å². The average Bonchev–Trinajstić information content (AvgIpc) is 2.98. The molecule has 21 heavy (non-hydrogen) atoms. The summed E-state index contributed by atoms with van der Waals surface area (Å²) in [6, 6.07) is 0.0912. The third kappa shape index (κ3) is 4.79. The van der Waals surface area contributed by atoms with Crippen molar-refractivity contribution in [3.05, 3.63) is 0 Å². The largest absolute Gasteiger partial charge is 0.394 e. The van der Waals surface area contributed by atoms with Gasteiger partial charge in [0, 0.05) is 19.1 Å². The SMILES string of the molecule is B[C@H]1CC(OC)[C@@H](CO[PH](=O)OC2C[C@H](B)O[C@@H]2CO)O1. The molecule has 2 saturated heterocycles. The molecule has 2 fully saturated rings. The molecule has 0 aromatic heterocycles. The van der Waals surface area contributed by atoms with Gasteiger partial charge >= 0.3 is 8.25 Å². The standard InChI is InChI=1S/C11H23B2O7P/c1-16-6-2-10(12)19-9(6)5-17-21(15)20-7-3-11(13)18-8(7)4-14/h6-11,14,21H,2-5,12-13H2,1H3/t6?,7?,8-,9-,10-,11-/m1/s1. The van der Waals surface area contributed by atoms with Gasteiger partial charge in [0.15, 0.2) is 0 Å². The highest BCUT2D eigenvalue weighted by atomic mass is 31.1. The predicted molar refractivity (Wildman–Crippen MR) is 81.4 cm³/mol. The minimum atomic E-state index is -2.65. The molecule has 10 heteroatoms. The summed E-state index contributed by atoms with van der Waals surface area (Å²) in [7, 11) is 2.83. The Kier molecular flexibility index (Phi) is 6.75. The molecule has 120 valence electrons. The summed E-state index contributed by atoms with van der Waals surface area (Å²) < 4.78 is 39.0. The number of aliphatic hydroxyl groups excluding tert-OH is 1. The van der Waals surface area contributed by atoms with Crippen molar-refractivity contribution in [2.45, 2.75) is 49.3 Å². The zero-order valence-electron chi connectivity index (χ0n) is 12.7. The van der Waals surface area contributed by atoms with Crippen molar-refractivity contribution < 1.29 is 32.9 Å². The second kappa shape index (κ2) is 8.11. The molecular formula is C11H23B2O7P. The Hall–Kier alpha value is 0.120. The maximum atomic E-state index is 11.9. The van der Waals surface area contributed by atoms with Crippen LogP contribution in [0.15, 0.2) is 0 Å². The number of aliphatic hydroxyl groups is 1. The van der Waals surface area contributed by atoms with E-state index in [1.807, 2.05) is 15.7 Å². The zero-order chi connectivity index (χ0) is 15.4. The lowest BCUT2D eigenvalue weighted by molar-refractivity contribution is -0.0225. The lowest BCUT2D eigenvalue weighted by Gasteiger charge is -2.19. The van der Waals surface area contributed by atoms with E-state index in [0.29, 0.717) is 6.42 Å². The first kappa shape index (κ1) is 17.5. The van der Waals surface area contributed by atoms with Crippen molar-refractivity contribution in [3.8, 4) is 0 Å². The van der Waals surface area contributed by atoms with Gasteiger partial charge in [0.2, 0.25) is 0 Å². The zero-order valence-corrected chi connectivity index (χ0v) is 13.7. The first-order chi connectivity index (χ1) is 10.0. The third-order valence-electron chi connectivity index (χ3n) is 3.87. The van der Waals surface area contributed by atoms with Crippen molar-refractivity contribution in [1.29, 1.82) is 0 Å². The summed E-state index contributed by atoms with van der Waals surface area (Å²) in [6.07, 6.45) is 0.296. The summed E-state index contributed by atoms with van der Waals surface area (Å²) >= 11 is 0. The van der Waals surface area contributed by atoms with Gasteiger partial charge in [-0.3, -0.25) is 4.57 Å². The molecule has 0 amide bonds. The molecule has 2 rings (SSSR count). The van der Waals surface area contributed by atoms with E-state index >= 15 is 0 Å². The van der Waals surface area contributed by atoms with Crippen LogP contribution in [0.3, 0.4) is 0 Å². The van der Waals surface area contributed by atoms with Gasteiger partial charge in [-0.05, 0) is 12.8 Å². The summed E-state index contributed by atoms with van der Waals surface area (Å²) in [5, 5.41) is 9.19. The van der Waals surface area contributed by atoms with Crippen molar-refractivity contribution in [2.75, 3.05) is 20.3 Å². The van der Waals surface area contributed by atoms with Crippen LogP contribution in [0.4, 0.5) is 0 Å². The van der Waals surface area contributed by atoms with E-state index in [0.717, 1.165) is 6.42 Å². The molecule has 0 spiro atoms. The van der Waals surface area contributed by atoms with Crippen LogP contribution in [0, 0.1) is 0 Å². The molecule has 2 heterocycles. The van der Waals surface area contributed by atoms with Crippen LogP contribution >= 0.6 is 8.25 Å². The van der Waals surface area contributed by atoms with E-state index in [9.17, 15) is 9.67 Å². The van der Waals surface area contributed by atoms with E-state index in [2.05, 4.69) is 0 Å². The van der Waals surface area contributed by atoms with E-state index in [-0.39, 0.29) is 37.4 Å². The lowest BCUT2D eigenvalue weighted by atomic mass is 9.96. The fraction of sp³-hybridized carbons (Fsp3) is 1.00. The van der Waals surface area contributed by atoms with Crippen LogP contribution in [0.1, 0.15) is 12.8 Å². The van der Waals surface area contributed by atoms with Crippen molar-refractivity contribution in [3.63, 3.8) is 0 Å². The second-order valence-electron chi connectivity index (χ2n) is 5.62. The summed E-state index contributed by atoms with van der Waals surface area (Å²) in [5.74, 6) is 0. The molecule has 0 bridgehead atoms. The van der Waals surface area contributed by atoms with Gasteiger partial charge in [0.1, 0.15) is 27.9 Å². The normalized spacial score (nSPS) is 41.4. The number of hydrogen-bond acceptors (Lipinski definition) is 7. The molecule has 2 aliphatic heterocycles. The maximum Gasteiger partial charge on any atom is 0.319 e. The molecule has 3 unspecified atom stereocenters. The maximum absolute atomic E-state index is 11.9. The van der Waals surface area contributed by atoms with Crippen LogP contribution in [-0.4, -0.2) is 77.5 Å². The van der Waals surface area contributed by atoms with Gasteiger partial charge < -0.3 is 28.4 Å². The van der Waals surface area contributed by atoms with Crippen LogP contribution in [0.25, 0.3) is 0 Å². The predicted octanol–water partition coefficient (Wildman–Crippen LogP) is -1.72. The van der Waals surface area contributed by atoms with Crippen LogP contribution in [-0.2, 0) is 27.8 Å². The second-order valence-corrected chi connectivity index (χ2v) is 6.64. The highest BCUT2D eigenvalue weighted by Crippen LogP contribution is 2.34. The van der Waals surface area contributed by atoms with Gasteiger partial charge in [-0.25, -0.2) is 0 Å². The highest BCUT2D eigenvalue weighted by Gasteiger charge is 2.36. The van der Waals surface area contributed by atoms with Gasteiger partial charge in [0.05, 0.1) is 25.4 Å². The quantitative estimate of drug-likeness (QED) is 0.441. The lowest BCUT2D eigenvalue weighted by Crippen LogP contribution is -2.28. The first-order valence-electron chi connectivity index (χ1n) is 7.31. The minimum absolute atomic E-state index is 0.0150. The summed E-state index contributed by atoms with van der Waals surface area (Å²) in [4.78, 5) is 0. The van der Waals surface area contributed by atoms with Gasteiger partial charge in [-0.2, -0.15) is 0 Å². The first-order valence-corrected chi connectivity index (χ1v) is 8.54. The fourth-order valence-corrected chi connectivity index (χ4v) is 3.69. The molecule has 1 N–H and O–H groups in total. The van der Waals surface area contributed by atoms with E-state index in [4.69, 9.17) is 23.3 Å². The molecule has 0 aliphatic carbocycles. The van der Waals surface area contributed by atoms with Gasteiger partial charge in [0.25, 0.3) is 0 Å². The van der Waals surface area contributed by atoms with Gasteiger partial charge in [-0.1, -0.05) is 0 Å². The van der Waals surface area contributed by atoms with Crippen molar-refractivity contribution in [2.24, 2.45) is 0 Å². The molecule has 2 aliphatic rings. The topological polar surface area (TPSA) is 83.5 Å². The Balaban J connectivity index is 1.75. The Morgan fingerprint density at radius 1 is 1.19 bits per heavy atom. The number of methoxy groups -OCH3 is 1. The fourth-order valence-electron chi connectivity index (χ4n) is 2.83. The Labute approximate surface area is 127 Å². The molecule has 0 saturated carbocycles. The summed E-state index contributed by atoms with van der Waals surface area (Å²) in [5.41, 5.74) is 0. The third-order valence-corrected chi connectivity index (χ3v) is 4.77. The average molecular weight is 320 g/mol. The monoisotopic (exact) mass is 320 g/mol. The Morgan fingerprint density at radius 2 is 1.81 bits per heavy atom. The Morgan fingerprint density at radius 3 is 2.43 bits per heavy atom. The van der Waals surface area contributed by atoms with E-state index in [1.54, 1.807) is 7.11 Å². The molecule has 7 atom stereocenters. The van der Waals surface area contributed by atoms with Gasteiger partial charge in [-0.15, -0.1) is 0 Å². The number of ether oxygens (including phenoxy) is 3. The molecule has 7 nitrogen and oxygen atoms in total. The van der Waals surface area contributed by atoms with Crippen LogP contribution in [0.2, 0.25) is 0 Å². The molecule has 0 aromatic rings. The van der Waals surface area contributed by atoms with Crippen molar-refractivity contribution >= 4 is 23.9 Å². The minimum Gasteiger partial charge on any atom is -0.394 e. The number of rotatable bonds is 7. The van der Waals surface area contributed by atoms with Crippen molar-refractivity contribution in [1.82, 2.24) is 0 Å². The van der Waals surface area contributed by atoms with Crippen LogP contribution in [0.5, 0.6) is 0 Å².